The van der Waals surface area contributed by atoms with Gasteiger partial charge in [0.25, 0.3) is 0 Å². The number of esters is 1. The van der Waals surface area contributed by atoms with E-state index in [1.54, 1.807) is 0 Å². The summed E-state index contributed by atoms with van der Waals surface area (Å²) < 4.78 is 6.05. The number of nitrogens with two attached hydrogens (primary N) is 1. The summed E-state index contributed by atoms with van der Waals surface area (Å²) in [6.45, 7) is 4.96. The van der Waals surface area contributed by atoms with Gasteiger partial charge in [-0.1, -0.05) is 199 Å². The SMILES string of the molecule is CCCCCCCC/C=C\CCCC(CCCCCCCC(=O)NC(CCCN)C(=O)O)OC(=O)CCCCCCCCCCCCCCCCCCCCCC. The fourth-order valence-corrected chi connectivity index (χ4v) is 7.81. The maximum absolute atomic E-state index is 12.8. The van der Waals surface area contributed by atoms with Crippen LogP contribution in [0.1, 0.15) is 271 Å². The number of nitrogens with one attached hydrogen (secondary N) is 1. The third-order valence-electron chi connectivity index (χ3n) is 11.6. The average molecular weight is 805 g/mol. The lowest BCUT2D eigenvalue weighted by molar-refractivity contribution is -0.150. The molecule has 2 unspecified atom stereocenters. The molecule has 336 valence electrons. The van der Waals surface area contributed by atoms with E-state index in [9.17, 15) is 19.5 Å². The van der Waals surface area contributed by atoms with Gasteiger partial charge in [-0.25, -0.2) is 4.79 Å². The number of carboxylic acids is 1. The fourth-order valence-electron chi connectivity index (χ4n) is 7.81. The minimum Gasteiger partial charge on any atom is -0.480 e. The van der Waals surface area contributed by atoms with E-state index >= 15 is 0 Å². The van der Waals surface area contributed by atoms with Crippen LogP contribution in [0.5, 0.6) is 0 Å². The third kappa shape index (κ3) is 42.1. The Balaban J connectivity index is 4.18. The van der Waals surface area contributed by atoms with Crippen molar-refractivity contribution in [3.63, 3.8) is 0 Å². The van der Waals surface area contributed by atoms with E-state index in [1.807, 2.05) is 0 Å². The number of hydrogen-bond acceptors (Lipinski definition) is 5. The molecule has 1 amide bonds. The molecule has 0 fully saturated rings. The second-order valence-electron chi connectivity index (χ2n) is 17.2. The lowest BCUT2D eigenvalue weighted by atomic mass is 10.0. The van der Waals surface area contributed by atoms with Crippen LogP contribution in [-0.2, 0) is 19.1 Å². The van der Waals surface area contributed by atoms with Crippen molar-refractivity contribution in [2.24, 2.45) is 5.73 Å². The van der Waals surface area contributed by atoms with Gasteiger partial charge in [-0.2, -0.15) is 0 Å². The molecule has 0 aromatic rings. The van der Waals surface area contributed by atoms with Crippen molar-refractivity contribution in [1.82, 2.24) is 5.32 Å². The van der Waals surface area contributed by atoms with Crippen molar-refractivity contribution in [2.45, 2.75) is 283 Å². The van der Waals surface area contributed by atoms with E-state index in [0.29, 0.717) is 32.2 Å². The van der Waals surface area contributed by atoms with Gasteiger partial charge in [-0.3, -0.25) is 9.59 Å². The van der Waals surface area contributed by atoms with E-state index < -0.39 is 12.0 Å². The number of carboxylic acid groups (broad SMARTS) is 1. The molecular formula is C50H96N2O5. The van der Waals surface area contributed by atoms with Crippen LogP contribution in [0.3, 0.4) is 0 Å². The minimum atomic E-state index is -1.00. The maximum Gasteiger partial charge on any atom is 0.326 e. The zero-order valence-corrected chi connectivity index (χ0v) is 38.0. The predicted molar refractivity (Wildman–Crippen MR) is 244 cm³/mol. The number of carbonyl (C=O) groups is 3. The summed E-state index contributed by atoms with van der Waals surface area (Å²) in [5.41, 5.74) is 5.49. The zero-order chi connectivity index (χ0) is 41.7. The summed E-state index contributed by atoms with van der Waals surface area (Å²) in [6, 6.07) is -0.856. The number of hydrogen-bond donors (Lipinski definition) is 3. The average Bonchev–Trinajstić information content (AvgIpc) is 3.20. The summed E-state index contributed by atoms with van der Waals surface area (Å²) in [5, 5.41) is 12.0. The normalized spacial score (nSPS) is 12.6. The highest BCUT2D eigenvalue weighted by atomic mass is 16.5. The first-order valence-electron chi connectivity index (χ1n) is 25.0. The molecule has 0 aliphatic carbocycles. The molecule has 0 aromatic carbocycles. The molecule has 0 aliphatic rings. The molecule has 7 heteroatoms. The van der Waals surface area contributed by atoms with Gasteiger partial charge < -0.3 is 20.9 Å². The Labute approximate surface area is 353 Å². The van der Waals surface area contributed by atoms with Crippen LogP contribution in [0.2, 0.25) is 0 Å². The molecule has 0 radical (unpaired) electrons. The number of aliphatic carboxylic acids is 1. The van der Waals surface area contributed by atoms with Crippen LogP contribution < -0.4 is 11.1 Å². The van der Waals surface area contributed by atoms with Gasteiger partial charge in [-0.05, 0) is 77.2 Å². The summed E-state index contributed by atoms with van der Waals surface area (Å²) in [6.07, 6.45) is 51.3. The second kappa shape index (κ2) is 45.2. The van der Waals surface area contributed by atoms with E-state index in [2.05, 4.69) is 31.3 Å². The molecule has 7 nitrogen and oxygen atoms in total. The highest BCUT2D eigenvalue weighted by Gasteiger charge is 2.19. The van der Waals surface area contributed by atoms with Crippen molar-refractivity contribution in [1.29, 1.82) is 0 Å². The molecule has 57 heavy (non-hydrogen) atoms. The van der Waals surface area contributed by atoms with E-state index in [-0.39, 0.29) is 18.0 Å². The van der Waals surface area contributed by atoms with Crippen LogP contribution in [0.15, 0.2) is 12.2 Å². The van der Waals surface area contributed by atoms with Gasteiger partial charge in [0.05, 0.1) is 0 Å². The van der Waals surface area contributed by atoms with E-state index in [4.69, 9.17) is 10.5 Å². The maximum atomic E-state index is 12.8. The topological polar surface area (TPSA) is 119 Å². The molecule has 0 heterocycles. The van der Waals surface area contributed by atoms with Crippen molar-refractivity contribution >= 4 is 17.8 Å². The number of rotatable bonds is 46. The monoisotopic (exact) mass is 805 g/mol. The molecule has 4 N–H and O–H groups in total. The minimum absolute atomic E-state index is 0.0122. The first-order valence-corrected chi connectivity index (χ1v) is 25.0. The molecule has 2 atom stereocenters. The zero-order valence-electron chi connectivity index (χ0n) is 38.0. The Morgan fingerprint density at radius 2 is 0.877 bits per heavy atom. The third-order valence-corrected chi connectivity index (χ3v) is 11.6. The van der Waals surface area contributed by atoms with Gasteiger partial charge in [0.1, 0.15) is 12.1 Å². The Bertz CT molecular complexity index is 909. The van der Waals surface area contributed by atoms with Crippen molar-refractivity contribution in [3.05, 3.63) is 12.2 Å². The van der Waals surface area contributed by atoms with Gasteiger partial charge in [0, 0.05) is 12.8 Å². The first-order chi connectivity index (χ1) is 27.9. The van der Waals surface area contributed by atoms with Gasteiger partial charge in [0.15, 0.2) is 0 Å². The number of carbonyl (C=O) groups excluding carboxylic acids is 2. The molecule has 0 aromatic heterocycles. The molecule has 0 aliphatic heterocycles. The molecule has 0 rings (SSSR count). The summed E-state index contributed by atoms with van der Waals surface area (Å²) in [4.78, 5) is 36.5. The quantitative estimate of drug-likeness (QED) is 0.0320. The molecule has 0 spiro atoms. The Morgan fingerprint density at radius 3 is 1.33 bits per heavy atom. The van der Waals surface area contributed by atoms with Crippen LogP contribution in [0, 0.1) is 0 Å². The summed E-state index contributed by atoms with van der Waals surface area (Å²) in [7, 11) is 0. The molecular weight excluding hydrogens is 709 g/mol. The lowest BCUT2D eigenvalue weighted by Gasteiger charge is -2.18. The van der Waals surface area contributed by atoms with E-state index in [0.717, 1.165) is 70.6 Å². The smallest absolute Gasteiger partial charge is 0.326 e. The summed E-state index contributed by atoms with van der Waals surface area (Å²) in [5.74, 6) is -1.23. The van der Waals surface area contributed by atoms with Crippen LogP contribution in [-0.4, -0.2) is 41.6 Å². The van der Waals surface area contributed by atoms with Crippen LogP contribution in [0.4, 0.5) is 0 Å². The van der Waals surface area contributed by atoms with Crippen LogP contribution in [0.25, 0.3) is 0 Å². The Kier molecular flexibility index (Phi) is 43.7. The largest absolute Gasteiger partial charge is 0.480 e. The van der Waals surface area contributed by atoms with Gasteiger partial charge >= 0.3 is 11.9 Å². The van der Waals surface area contributed by atoms with Crippen molar-refractivity contribution < 1.29 is 24.2 Å². The van der Waals surface area contributed by atoms with Crippen LogP contribution >= 0.6 is 0 Å². The van der Waals surface area contributed by atoms with Gasteiger partial charge in [0.2, 0.25) is 5.91 Å². The second-order valence-corrected chi connectivity index (χ2v) is 17.2. The molecule has 0 saturated heterocycles. The highest BCUT2D eigenvalue weighted by Crippen LogP contribution is 2.19. The first kappa shape index (κ1) is 55.1. The summed E-state index contributed by atoms with van der Waals surface area (Å²) >= 11 is 0. The van der Waals surface area contributed by atoms with E-state index in [1.165, 1.54) is 161 Å². The molecule has 0 saturated carbocycles. The number of unbranched alkanes of at least 4 members (excludes halogenated alkanes) is 30. The van der Waals surface area contributed by atoms with Crippen molar-refractivity contribution in [3.8, 4) is 0 Å². The number of amides is 1. The Morgan fingerprint density at radius 1 is 0.491 bits per heavy atom. The highest BCUT2D eigenvalue weighted by molar-refractivity contribution is 5.83. The number of ether oxygens (including phenoxy) is 1. The standard InChI is InChI=1S/C50H96N2O5/c1-3-5-7-9-11-13-15-16-17-18-19-20-21-22-23-25-27-29-34-38-44-49(54)57-46(40-35-31-28-26-24-14-12-10-8-6-4-2)41-36-32-30-33-37-43-48(53)52-47(50(55)56)42-39-45-51/h26,28,46-47H,3-25,27,29-45,51H2,1-2H3,(H,52,53)(H,55,56)/b28-26-. The molecule has 0 bridgehead atoms. The Hall–Kier alpha value is -1.89. The van der Waals surface area contributed by atoms with Crippen molar-refractivity contribution in [2.75, 3.05) is 6.54 Å². The lowest BCUT2D eigenvalue weighted by Crippen LogP contribution is -2.40. The number of allylic oxidation sites excluding steroid dienone is 2. The predicted octanol–water partition coefficient (Wildman–Crippen LogP) is 14.6. The van der Waals surface area contributed by atoms with Gasteiger partial charge in [-0.15, -0.1) is 0 Å². The fraction of sp³-hybridized carbons (Fsp3) is 0.900.